The monoisotopic (exact) mass is 304 g/mol. The number of hydrogen-bond donors (Lipinski definition) is 1. The first-order valence-corrected chi connectivity index (χ1v) is 6.57. The van der Waals surface area contributed by atoms with Gasteiger partial charge in [0.15, 0.2) is 0 Å². The molecule has 0 radical (unpaired) electrons. The Bertz CT molecular complexity index is 534. The summed E-state index contributed by atoms with van der Waals surface area (Å²) in [6, 6.07) is 2.15. The van der Waals surface area contributed by atoms with Crippen LogP contribution in [0.15, 0.2) is 18.2 Å². The molecular weight excluding hydrogens is 289 g/mol. The van der Waals surface area contributed by atoms with Crippen LogP contribution < -0.4 is 10.5 Å². The summed E-state index contributed by atoms with van der Waals surface area (Å²) < 4.78 is 44.4. The summed E-state index contributed by atoms with van der Waals surface area (Å²) >= 11 is 0. The molecule has 0 aliphatic heterocycles. The maximum atomic E-state index is 13.0. The van der Waals surface area contributed by atoms with E-state index in [1.54, 1.807) is 0 Å². The molecule has 1 aliphatic carbocycles. The second kappa shape index (κ2) is 5.88. The average molecular weight is 304 g/mol. The largest absolute Gasteiger partial charge is 0.488 e. The Morgan fingerprint density at radius 2 is 1.95 bits per heavy atom. The number of nitrogens with two attached hydrogens (primary N) is 1. The van der Waals surface area contributed by atoms with E-state index in [9.17, 15) is 23.3 Å². The molecule has 0 heterocycles. The number of benzene rings is 1. The normalized spacial score (nSPS) is 22.9. The molecule has 0 saturated heterocycles. The van der Waals surface area contributed by atoms with Crippen molar-refractivity contribution < 1.29 is 22.8 Å². The van der Waals surface area contributed by atoms with Crippen LogP contribution in [0.3, 0.4) is 0 Å². The van der Waals surface area contributed by atoms with Crippen LogP contribution in [0.25, 0.3) is 0 Å². The molecule has 1 aliphatic rings. The Morgan fingerprint density at radius 3 is 2.52 bits per heavy atom. The molecule has 1 aromatic carbocycles. The molecule has 0 amide bonds. The third-order valence-corrected chi connectivity index (χ3v) is 3.51. The summed E-state index contributed by atoms with van der Waals surface area (Å²) in [6.07, 6.45) is -2.18. The van der Waals surface area contributed by atoms with E-state index in [0.29, 0.717) is 18.9 Å². The number of nitrogens with zero attached hydrogens (tertiary/aromatic N) is 1. The molecule has 5 nitrogen and oxygen atoms in total. The van der Waals surface area contributed by atoms with Crippen molar-refractivity contribution in [1.29, 1.82) is 0 Å². The lowest BCUT2D eigenvalue weighted by molar-refractivity contribution is -0.385. The predicted octanol–water partition coefficient (Wildman–Crippen LogP) is 3.26. The van der Waals surface area contributed by atoms with Gasteiger partial charge in [-0.3, -0.25) is 10.1 Å². The Morgan fingerprint density at radius 1 is 1.29 bits per heavy atom. The zero-order chi connectivity index (χ0) is 15.6. The molecule has 8 heteroatoms. The van der Waals surface area contributed by atoms with Gasteiger partial charge in [0.05, 0.1) is 4.92 Å². The van der Waals surface area contributed by atoms with Crippen LogP contribution in [-0.4, -0.2) is 17.1 Å². The lowest BCUT2D eigenvalue weighted by atomic mass is 9.93. The molecule has 0 bridgehead atoms. The van der Waals surface area contributed by atoms with Crippen molar-refractivity contribution in [3.05, 3.63) is 33.9 Å². The minimum Gasteiger partial charge on any atom is -0.488 e. The van der Waals surface area contributed by atoms with Crippen molar-refractivity contribution in [2.45, 2.75) is 44.0 Å². The van der Waals surface area contributed by atoms with Crippen LogP contribution in [0.5, 0.6) is 5.75 Å². The molecule has 1 aromatic rings. The Kier molecular flexibility index (Phi) is 4.36. The number of halogens is 3. The first-order chi connectivity index (χ1) is 9.79. The van der Waals surface area contributed by atoms with E-state index in [4.69, 9.17) is 10.5 Å². The van der Waals surface area contributed by atoms with Gasteiger partial charge in [-0.15, -0.1) is 0 Å². The van der Waals surface area contributed by atoms with Crippen LogP contribution in [-0.2, 0) is 6.18 Å². The first kappa shape index (κ1) is 15.6. The number of non-ortho nitro benzene ring substituents is 1. The van der Waals surface area contributed by atoms with Gasteiger partial charge in [0.2, 0.25) is 0 Å². The van der Waals surface area contributed by atoms with Gasteiger partial charge < -0.3 is 10.5 Å². The number of nitro groups is 1. The number of rotatable bonds is 3. The molecule has 0 spiro atoms. The van der Waals surface area contributed by atoms with E-state index in [1.165, 1.54) is 0 Å². The highest BCUT2D eigenvalue weighted by atomic mass is 19.4. The van der Waals surface area contributed by atoms with Gasteiger partial charge in [-0.05, 0) is 25.3 Å². The van der Waals surface area contributed by atoms with Crippen LogP contribution >= 0.6 is 0 Å². The van der Waals surface area contributed by atoms with E-state index in [1.807, 2.05) is 0 Å². The lowest BCUT2D eigenvalue weighted by Gasteiger charge is -2.30. The Balaban J connectivity index is 2.31. The van der Waals surface area contributed by atoms with Crippen LogP contribution in [0, 0.1) is 10.1 Å². The molecule has 1 fully saturated rings. The Hall–Kier alpha value is -1.83. The summed E-state index contributed by atoms with van der Waals surface area (Å²) in [5, 5.41) is 10.6. The van der Waals surface area contributed by atoms with Gasteiger partial charge in [0.1, 0.15) is 17.4 Å². The highest BCUT2D eigenvalue weighted by molar-refractivity contribution is 5.45. The van der Waals surface area contributed by atoms with Gasteiger partial charge in [0, 0.05) is 18.2 Å². The second-order valence-corrected chi connectivity index (χ2v) is 5.04. The molecule has 0 aromatic heterocycles. The molecule has 116 valence electrons. The summed E-state index contributed by atoms with van der Waals surface area (Å²) in [4.78, 5) is 9.74. The van der Waals surface area contributed by atoms with Crippen molar-refractivity contribution in [3.8, 4) is 5.75 Å². The number of hydrogen-bond acceptors (Lipinski definition) is 4. The Labute approximate surface area is 119 Å². The zero-order valence-electron chi connectivity index (χ0n) is 11.1. The van der Waals surface area contributed by atoms with E-state index in [2.05, 4.69) is 0 Å². The average Bonchev–Trinajstić information content (AvgIpc) is 2.40. The third-order valence-electron chi connectivity index (χ3n) is 3.51. The second-order valence-electron chi connectivity index (χ2n) is 5.04. The van der Waals surface area contributed by atoms with Gasteiger partial charge in [-0.2, -0.15) is 13.2 Å². The van der Waals surface area contributed by atoms with Crippen molar-refractivity contribution in [3.63, 3.8) is 0 Å². The topological polar surface area (TPSA) is 78.4 Å². The van der Waals surface area contributed by atoms with Crippen molar-refractivity contribution >= 4 is 5.69 Å². The first-order valence-electron chi connectivity index (χ1n) is 6.57. The summed E-state index contributed by atoms with van der Waals surface area (Å²) in [5.74, 6) is -0.407. The number of alkyl halides is 3. The SMILES string of the molecule is NC1CCCCC1Oc1ccc([N+](=O)[O-])cc1C(F)(F)F. The van der Waals surface area contributed by atoms with E-state index >= 15 is 0 Å². The third kappa shape index (κ3) is 3.63. The quantitative estimate of drug-likeness (QED) is 0.686. The maximum Gasteiger partial charge on any atom is 0.420 e. The van der Waals surface area contributed by atoms with Crippen LogP contribution in [0.2, 0.25) is 0 Å². The van der Waals surface area contributed by atoms with Gasteiger partial charge in [-0.1, -0.05) is 6.42 Å². The van der Waals surface area contributed by atoms with Gasteiger partial charge in [0.25, 0.3) is 5.69 Å². The summed E-state index contributed by atoms with van der Waals surface area (Å²) in [6.45, 7) is 0. The van der Waals surface area contributed by atoms with E-state index in [-0.39, 0.29) is 6.04 Å². The highest BCUT2D eigenvalue weighted by Gasteiger charge is 2.37. The van der Waals surface area contributed by atoms with E-state index in [0.717, 1.165) is 25.0 Å². The highest BCUT2D eigenvalue weighted by Crippen LogP contribution is 2.39. The fraction of sp³-hybridized carbons (Fsp3) is 0.538. The predicted molar refractivity (Wildman–Crippen MR) is 69.0 cm³/mol. The van der Waals surface area contributed by atoms with Crippen molar-refractivity contribution in [1.82, 2.24) is 0 Å². The molecule has 2 rings (SSSR count). The number of ether oxygens (including phenoxy) is 1. The van der Waals surface area contributed by atoms with Crippen molar-refractivity contribution in [2.75, 3.05) is 0 Å². The summed E-state index contributed by atoms with van der Waals surface area (Å²) in [7, 11) is 0. The van der Waals surface area contributed by atoms with Gasteiger partial charge >= 0.3 is 6.18 Å². The molecular formula is C13H15F3N2O3. The molecule has 2 atom stereocenters. The molecule has 1 saturated carbocycles. The fourth-order valence-electron chi connectivity index (χ4n) is 2.39. The van der Waals surface area contributed by atoms with Crippen LogP contribution in [0.4, 0.5) is 18.9 Å². The van der Waals surface area contributed by atoms with Crippen molar-refractivity contribution in [2.24, 2.45) is 5.73 Å². The smallest absolute Gasteiger partial charge is 0.420 e. The molecule has 21 heavy (non-hydrogen) atoms. The summed E-state index contributed by atoms with van der Waals surface area (Å²) in [5.41, 5.74) is 4.08. The number of nitro benzene ring substituents is 1. The van der Waals surface area contributed by atoms with E-state index < -0.39 is 34.2 Å². The molecule has 2 unspecified atom stereocenters. The maximum absolute atomic E-state index is 13.0. The standard InChI is InChI=1S/C13H15F3N2O3/c14-13(15,16)9-7-8(18(19)20)5-6-11(9)21-12-4-2-1-3-10(12)17/h5-7,10,12H,1-4,17H2. The van der Waals surface area contributed by atoms with Gasteiger partial charge in [-0.25, -0.2) is 0 Å². The minimum atomic E-state index is -4.72. The zero-order valence-corrected chi connectivity index (χ0v) is 11.1. The molecule has 2 N–H and O–H groups in total. The van der Waals surface area contributed by atoms with Crippen LogP contribution in [0.1, 0.15) is 31.2 Å². The lowest BCUT2D eigenvalue weighted by Crippen LogP contribution is -2.41. The minimum absolute atomic E-state index is 0.324. The fourth-order valence-corrected chi connectivity index (χ4v) is 2.39.